The average Bonchev–Trinajstić information content (AvgIpc) is 2.81. The molecule has 0 fully saturated rings. The van der Waals surface area contributed by atoms with Crippen molar-refractivity contribution in [3.8, 4) is 11.5 Å². The van der Waals surface area contributed by atoms with Gasteiger partial charge < -0.3 is 14.8 Å². The number of methoxy groups -OCH3 is 1. The van der Waals surface area contributed by atoms with Gasteiger partial charge in [-0.25, -0.2) is 12.8 Å². The molecule has 0 aliphatic heterocycles. The molecule has 180 valence electrons. The minimum atomic E-state index is -3.59. The lowest BCUT2D eigenvalue weighted by Crippen LogP contribution is -2.30. The summed E-state index contributed by atoms with van der Waals surface area (Å²) in [5, 5.41) is 2.75. The summed E-state index contributed by atoms with van der Waals surface area (Å²) >= 11 is 0. The second-order valence-electron chi connectivity index (χ2n) is 7.70. The molecule has 3 rings (SSSR count). The van der Waals surface area contributed by atoms with E-state index in [1.807, 2.05) is 13.0 Å². The maximum absolute atomic E-state index is 12.9. The van der Waals surface area contributed by atoms with E-state index in [1.165, 1.54) is 35.7 Å². The summed E-state index contributed by atoms with van der Waals surface area (Å²) in [7, 11) is -2.10. The first-order chi connectivity index (χ1) is 16.2. The van der Waals surface area contributed by atoms with Gasteiger partial charge in [0.05, 0.1) is 32.1 Å². The molecule has 0 saturated carbocycles. The van der Waals surface area contributed by atoms with E-state index in [-0.39, 0.29) is 31.4 Å². The van der Waals surface area contributed by atoms with E-state index in [0.717, 1.165) is 11.8 Å². The smallest absolute Gasteiger partial charge is 0.251 e. The summed E-state index contributed by atoms with van der Waals surface area (Å²) < 4.78 is 50.1. The Morgan fingerprint density at radius 3 is 2.32 bits per heavy atom. The highest BCUT2D eigenvalue weighted by Crippen LogP contribution is 2.32. The van der Waals surface area contributed by atoms with Crippen LogP contribution >= 0.6 is 0 Å². The summed E-state index contributed by atoms with van der Waals surface area (Å²) in [6.07, 6.45) is 1.14. The lowest BCUT2D eigenvalue weighted by Gasteiger charge is -2.25. The van der Waals surface area contributed by atoms with Crippen LogP contribution in [0.1, 0.15) is 21.5 Å². The molecule has 0 heterocycles. The Morgan fingerprint density at radius 1 is 1.03 bits per heavy atom. The van der Waals surface area contributed by atoms with Crippen molar-refractivity contribution in [3.05, 3.63) is 89.2 Å². The molecule has 34 heavy (non-hydrogen) atoms. The van der Waals surface area contributed by atoms with Crippen LogP contribution in [0, 0.1) is 12.7 Å². The predicted molar refractivity (Wildman–Crippen MR) is 129 cm³/mol. The van der Waals surface area contributed by atoms with Crippen LogP contribution in [0.5, 0.6) is 11.5 Å². The number of rotatable bonds is 10. The number of carbonyl (C=O) groups is 1. The Hall–Kier alpha value is -3.59. The van der Waals surface area contributed by atoms with Crippen LogP contribution in [-0.2, 0) is 16.6 Å². The van der Waals surface area contributed by atoms with E-state index in [1.54, 1.807) is 36.4 Å². The SMILES string of the molecule is COc1ccc(C)cc1N(Cc1ccc(C(=O)NCCOc2ccc(F)cc2)cc1)S(C)(=O)=O. The van der Waals surface area contributed by atoms with E-state index in [2.05, 4.69) is 5.32 Å². The molecule has 9 heteroatoms. The molecule has 1 amide bonds. The van der Waals surface area contributed by atoms with Gasteiger partial charge in [0.2, 0.25) is 10.0 Å². The van der Waals surface area contributed by atoms with Gasteiger partial charge in [-0.05, 0) is 66.6 Å². The first-order valence-electron chi connectivity index (χ1n) is 10.6. The molecule has 0 aliphatic rings. The zero-order chi connectivity index (χ0) is 24.7. The number of sulfonamides is 1. The lowest BCUT2D eigenvalue weighted by molar-refractivity contribution is 0.0947. The average molecular weight is 487 g/mol. The zero-order valence-electron chi connectivity index (χ0n) is 19.2. The van der Waals surface area contributed by atoms with Gasteiger partial charge in [-0.1, -0.05) is 18.2 Å². The van der Waals surface area contributed by atoms with E-state index in [4.69, 9.17) is 9.47 Å². The van der Waals surface area contributed by atoms with Crippen molar-refractivity contribution in [3.63, 3.8) is 0 Å². The van der Waals surface area contributed by atoms with Crippen LogP contribution < -0.4 is 19.1 Å². The van der Waals surface area contributed by atoms with Crippen LogP contribution in [0.3, 0.4) is 0 Å². The minimum Gasteiger partial charge on any atom is -0.495 e. The molecule has 0 radical (unpaired) electrons. The maximum Gasteiger partial charge on any atom is 0.251 e. The number of anilines is 1. The Balaban J connectivity index is 1.62. The standard InChI is InChI=1S/C25H27FN2O5S/c1-18-4-13-24(32-2)23(16-18)28(34(3,30)31)17-19-5-7-20(8-6-19)25(29)27-14-15-33-22-11-9-21(26)10-12-22/h4-13,16H,14-15,17H2,1-3H3,(H,27,29). The number of halogens is 1. The van der Waals surface area contributed by atoms with Crippen molar-refractivity contribution in [2.75, 3.05) is 30.8 Å². The molecule has 0 saturated heterocycles. The summed E-state index contributed by atoms with van der Waals surface area (Å²) in [5.41, 5.74) is 2.50. The van der Waals surface area contributed by atoms with Crippen molar-refractivity contribution in [2.24, 2.45) is 0 Å². The van der Waals surface area contributed by atoms with Gasteiger partial charge in [0.25, 0.3) is 5.91 Å². The molecule has 7 nitrogen and oxygen atoms in total. The first kappa shape index (κ1) is 25.0. The van der Waals surface area contributed by atoms with Crippen molar-refractivity contribution in [1.82, 2.24) is 5.32 Å². The Labute approximate surface area is 199 Å². The molecule has 0 bridgehead atoms. The van der Waals surface area contributed by atoms with Gasteiger partial charge >= 0.3 is 0 Å². The van der Waals surface area contributed by atoms with Crippen LogP contribution in [0.25, 0.3) is 0 Å². The zero-order valence-corrected chi connectivity index (χ0v) is 20.1. The molecule has 0 spiro atoms. The van der Waals surface area contributed by atoms with Gasteiger partial charge in [0.1, 0.15) is 23.9 Å². The van der Waals surface area contributed by atoms with Crippen LogP contribution in [0.2, 0.25) is 0 Å². The third-order valence-corrected chi connectivity index (χ3v) is 6.14. The quantitative estimate of drug-likeness (QED) is 0.439. The number of amides is 1. The highest BCUT2D eigenvalue weighted by atomic mass is 32.2. The Kier molecular flexibility index (Phi) is 8.12. The topological polar surface area (TPSA) is 84.9 Å². The number of benzene rings is 3. The van der Waals surface area contributed by atoms with Crippen molar-refractivity contribution in [1.29, 1.82) is 0 Å². The number of nitrogens with zero attached hydrogens (tertiary/aromatic N) is 1. The van der Waals surface area contributed by atoms with E-state index in [0.29, 0.717) is 28.3 Å². The van der Waals surface area contributed by atoms with Crippen LogP contribution in [0.4, 0.5) is 10.1 Å². The van der Waals surface area contributed by atoms with E-state index < -0.39 is 10.0 Å². The molecule has 1 N–H and O–H groups in total. The monoisotopic (exact) mass is 486 g/mol. The van der Waals surface area contributed by atoms with Gasteiger partial charge in [-0.15, -0.1) is 0 Å². The minimum absolute atomic E-state index is 0.0893. The number of carbonyl (C=O) groups excluding carboxylic acids is 1. The highest BCUT2D eigenvalue weighted by molar-refractivity contribution is 7.92. The second kappa shape index (κ2) is 11.0. The fourth-order valence-corrected chi connectivity index (χ4v) is 4.15. The first-order valence-corrected chi connectivity index (χ1v) is 12.4. The molecule has 3 aromatic carbocycles. The Morgan fingerprint density at radius 2 is 1.71 bits per heavy atom. The number of ether oxygens (including phenoxy) is 2. The number of hydrogen-bond donors (Lipinski definition) is 1. The molecule has 0 aromatic heterocycles. The summed E-state index contributed by atoms with van der Waals surface area (Å²) in [6.45, 7) is 2.47. The molecule has 0 aliphatic carbocycles. The lowest BCUT2D eigenvalue weighted by atomic mass is 10.1. The molecule has 0 unspecified atom stereocenters. The molecule has 0 atom stereocenters. The third-order valence-electron chi connectivity index (χ3n) is 5.02. The predicted octanol–water partition coefficient (Wildman–Crippen LogP) is 3.92. The number of nitrogens with one attached hydrogen (secondary N) is 1. The summed E-state index contributed by atoms with van der Waals surface area (Å²) in [4.78, 5) is 12.4. The molecular formula is C25H27FN2O5S. The molecule has 3 aromatic rings. The fraction of sp³-hybridized carbons (Fsp3) is 0.240. The van der Waals surface area contributed by atoms with Gasteiger partial charge in [0.15, 0.2) is 0 Å². The van der Waals surface area contributed by atoms with Crippen molar-refractivity contribution >= 4 is 21.6 Å². The van der Waals surface area contributed by atoms with Crippen LogP contribution in [0.15, 0.2) is 66.7 Å². The van der Waals surface area contributed by atoms with Gasteiger partial charge in [0, 0.05) is 5.56 Å². The van der Waals surface area contributed by atoms with Crippen molar-refractivity contribution in [2.45, 2.75) is 13.5 Å². The fourth-order valence-electron chi connectivity index (χ4n) is 3.27. The summed E-state index contributed by atoms with van der Waals surface area (Å²) in [5.74, 6) is 0.340. The van der Waals surface area contributed by atoms with E-state index in [9.17, 15) is 17.6 Å². The van der Waals surface area contributed by atoms with E-state index >= 15 is 0 Å². The van der Waals surface area contributed by atoms with Gasteiger partial charge in [-0.3, -0.25) is 9.10 Å². The number of aryl methyl sites for hydroxylation is 1. The third kappa shape index (κ3) is 6.71. The number of hydrogen-bond acceptors (Lipinski definition) is 5. The van der Waals surface area contributed by atoms with Crippen molar-refractivity contribution < 1.29 is 27.1 Å². The largest absolute Gasteiger partial charge is 0.495 e. The second-order valence-corrected chi connectivity index (χ2v) is 9.61. The summed E-state index contributed by atoms with van der Waals surface area (Å²) in [6, 6.07) is 17.7. The normalized spacial score (nSPS) is 11.1. The molecular weight excluding hydrogens is 459 g/mol. The Bertz CT molecular complexity index is 1230. The van der Waals surface area contributed by atoms with Gasteiger partial charge in [-0.2, -0.15) is 0 Å². The van der Waals surface area contributed by atoms with Crippen LogP contribution in [-0.4, -0.2) is 40.8 Å². The highest BCUT2D eigenvalue weighted by Gasteiger charge is 2.22. The maximum atomic E-state index is 12.9.